The molecule has 17 aromatic carbocycles. The lowest BCUT2D eigenvalue weighted by molar-refractivity contribution is 0.460. The third-order valence-corrected chi connectivity index (χ3v) is 19.8. The van der Waals surface area contributed by atoms with Crippen molar-refractivity contribution in [2.45, 2.75) is 257 Å². The number of hydrogen-bond donors (Lipinski definition) is 0. The molecule has 0 aromatic heterocycles. The van der Waals surface area contributed by atoms with E-state index in [-0.39, 0.29) is 5.41 Å². The third-order valence-electron chi connectivity index (χ3n) is 17.6. The molecule has 0 aliphatic rings. The smallest absolute Gasteiger partial charge is 0.206 e. The predicted octanol–water partition coefficient (Wildman–Crippen LogP) is 45.8. The van der Waals surface area contributed by atoms with E-state index >= 15 is 0 Å². The van der Waals surface area contributed by atoms with Gasteiger partial charge in [-0.15, -0.1) is 0 Å². The highest BCUT2D eigenvalue weighted by atomic mass is 35.5. The van der Waals surface area contributed by atoms with Crippen LogP contribution in [0.1, 0.15) is 261 Å². The Hall–Kier alpha value is -13.7. The van der Waals surface area contributed by atoms with Crippen molar-refractivity contribution in [2.24, 2.45) is 0 Å². The summed E-state index contributed by atoms with van der Waals surface area (Å²) in [5, 5.41) is 1.55. The molecule has 10 heteroatoms. The molecule has 0 spiro atoms. The maximum atomic E-state index is 12.0. The first-order valence-corrected chi connectivity index (χ1v) is 55.9. The Labute approximate surface area is 912 Å². The minimum atomic E-state index is -3.34. The number of sulfone groups is 1. The molecule has 798 valence electrons. The molecule has 7 nitrogen and oxygen atoms in total. The molecule has 148 heavy (non-hydrogen) atoms. The van der Waals surface area contributed by atoms with Crippen LogP contribution in [-0.2, 0) is 28.1 Å². The average Bonchev–Trinajstić information content (AvgIpc) is 0.815. The molecule has 0 N–H and O–H groups in total. The molecule has 0 heterocycles. The van der Waals surface area contributed by atoms with E-state index in [4.69, 9.17) is 46.9 Å². The Kier molecular flexibility index (Phi) is 102. The largest absolute Gasteiger partial charge is 0.457 e. The highest BCUT2D eigenvalue weighted by Gasteiger charge is 2.22. The molecule has 0 unspecified atom stereocenters. The van der Waals surface area contributed by atoms with E-state index in [9.17, 15) is 8.42 Å². The number of rotatable bonds is 18. The van der Waals surface area contributed by atoms with Crippen molar-refractivity contribution in [3.63, 3.8) is 0 Å². The first-order valence-electron chi connectivity index (χ1n) is 53.7. The number of hydrogen-bond acceptors (Lipinski definition) is 7. The molecule has 0 aliphatic heterocycles. The summed E-state index contributed by atoms with van der Waals surface area (Å²) in [7, 11) is -3.34. The number of para-hydroxylation sites is 6. The summed E-state index contributed by atoms with van der Waals surface area (Å²) in [6, 6.07) is 159. The summed E-state index contributed by atoms with van der Waals surface area (Å²) < 4.78 is 52.7. The van der Waals surface area contributed by atoms with Gasteiger partial charge in [0.05, 0.1) is 9.79 Å². The molecule has 17 aromatic rings. The van der Waals surface area contributed by atoms with Crippen LogP contribution >= 0.6 is 23.2 Å². The van der Waals surface area contributed by atoms with Crippen LogP contribution in [0.15, 0.2) is 501 Å². The van der Waals surface area contributed by atoms with Crippen LogP contribution in [0.2, 0.25) is 10.0 Å². The summed E-state index contributed by atoms with van der Waals surface area (Å²) in [4.78, 5) is 0.660. The van der Waals surface area contributed by atoms with Gasteiger partial charge in [0.2, 0.25) is 9.84 Å². The van der Waals surface area contributed by atoms with E-state index < -0.39 is 9.84 Å². The maximum Gasteiger partial charge on any atom is 0.206 e. The van der Waals surface area contributed by atoms with Gasteiger partial charge < -0.3 is 23.7 Å². The van der Waals surface area contributed by atoms with E-state index in [2.05, 4.69) is 166 Å². The topological polar surface area (TPSA) is 80.3 Å². The van der Waals surface area contributed by atoms with Gasteiger partial charge in [0, 0.05) is 21.5 Å². The Morgan fingerprint density at radius 1 is 0.182 bits per heavy atom. The van der Waals surface area contributed by atoms with Crippen LogP contribution in [0.5, 0.6) is 57.5 Å². The minimum absolute atomic E-state index is 0.0858. The van der Waals surface area contributed by atoms with Gasteiger partial charge in [-0.05, 0) is 211 Å². The number of halogens is 2. The molecular weight excluding hydrogens is 1870 g/mol. The summed E-state index contributed by atoms with van der Waals surface area (Å²) in [6.45, 7) is 66.6. The lowest BCUT2D eigenvalue weighted by Gasteiger charge is -2.25. The van der Waals surface area contributed by atoms with Crippen molar-refractivity contribution in [1.29, 1.82) is 0 Å². The molecule has 0 amide bonds. The van der Waals surface area contributed by atoms with E-state index in [0.29, 0.717) is 9.79 Å². The summed E-state index contributed by atoms with van der Waals surface area (Å²) in [5.41, 5.74) is 9.26. The van der Waals surface area contributed by atoms with Gasteiger partial charge in [-0.25, -0.2) is 8.42 Å². The van der Waals surface area contributed by atoms with Gasteiger partial charge in [-0.3, -0.25) is 0 Å². The monoisotopic (exact) mass is 2060 g/mol. The molecule has 0 fully saturated rings. The third kappa shape index (κ3) is 68.6. The van der Waals surface area contributed by atoms with Crippen LogP contribution < -0.4 is 23.7 Å². The second-order valence-corrected chi connectivity index (χ2v) is 29.9. The SMILES string of the molecule is CC.CC.CC.CC.CC.CC.CC.CC.CC.CC.CC.CC.CC.CC.CC.CC(C)(c1ccccc1)c1ccccc1.Cc1ccccc1.Clc1cccc(Cc2cccc(Cl)c2)c1.O=S(=O)(c1ccccc1)c1ccccc1.c1ccc(Cc2ccccc2)cc1.c1ccc(Oc2ccc(Oc3ccccc3)cc2)cc1.c1ccc(Oc2cccc(Oc3ccccc3)c2)cc1.c1ccc(Oc2ccccc2)cc1. The van der Waals surface area contributed by atoms with E-state index in [1.54, 1.807) is 60.7 Å². The summed E-state index contributed by atoms with van der Waals surface area (Å²) in [5.74, 6) is 8.09. The highest BCUT2D eigenvalue weighted by Crippen LogP contribution is 2.33. The fourth-order valence-corrected chi connectivity index (χ4v) is 13.2. The van der Waals surface area contributed by atoms with Crippen LogP contribution in [0.3, 0.4) is 0 Å². The van der Waals surface area contributed by atoms with Crippen LogP contribution in [0.25, 0.3) is 0 Å². The first-order chi connectivity index (χ1) is 72.7. The lowest BCUT2D eigenvalue weighted by Crippen LogP contribution is -2.18. The minimum Gasteiger partial charge on any atom is -0.457 e. The second kappa shape index (κ2) is 105. The Balaban J connectivity index is -0.000000378. The van der Waals surface area contributed by atoms with Crippen molar-refractivity contribution >= 4 is 33.0 Å². The van der Waals surface area contributed by atoms with Gasteiger partial charge in [-0.2, -0.15) is 0 Å². The number of aryl methyl sites for hydroxylation is 1. The zero-order valence-electron chi connectivity index (χ0n) is 96.2. The van der Waals surface area contributed by atoms with Crippen molar-refractivity contribution in [3.8, 4) is 57.5 Å². The summed E-state index contributed by atoms with van der Waals surface area (Å²) in [6.07, 6.45) is 1.89. The second-order valence-electron chi connectivity index (χ2n) is 27.1. The number of benzene rings is 17. The Morgan fingerprint density at radius 2 is 0.345 bits per heavy atom. The van der Waals surface area contributed by atoms with Crippen LogP contribution in [-0.4, -0.2) is 8.42 Å². The maximum absolute atomic E-state index is 12.0. The normalized spacial score (nSPS) is 8.75. The molecule has 0 saturated carbocycles. The van der Waals surface area contributed by atoms with Gasteiger partial charge >= 0.3 is 0 Å². The van der Waals surface area contributed by atoms with Crippen molar-refractivity contribution < 1.29 is 32.1 Å². The fourth-order valence-electron chi connectivity index (χ4n) is 11.5. The molecule has 0 aliphatic carbocycles. The van der Waals surface area contributed by atoms with Crippen LogP contribution in [0.4, 0.5) is 0 Å². The zero-order valence-corrected chi connectivity index (χ0v) is 98.5. The Bertz CT molecular complexity index is 5270. The summed E-state index contributed by atoms with van der Waals surface area (Å²) >= 11 is 11.8. The van der Waals surface area contributed by atoms with Gasteiger partial charge in [-0.1, -0.05) is 578 Å². The molecule has 0 radical (unpaired) electrons. The van der Waals surface area contributed by atoms with Crippen LogP contribution in [0, 0.1) is 6.92 Å². The Morgan fingerprint density at radius 3 is 0.554 bits per heavy atom. The van der Waals surface area contributed by atoms with Crippen molar-refractivity contribution in [3.05, 3.63) is 540 Å². The van der Waals surface area contributed by atoms with E-state index in [0.717, 1.165) is 80.4 Å². The van der Waals surface area contributed by atoms with E-state index in [1.165, 1.54) is 38.9 Å². The zero-order chi connectivity index (χ0) is 112. The fraction of sp³-hybridized carbons (Fsp3) is 0.261. The average molecular weight is 2060 g/mol. The van der Waals surface area contributed by atoms with Gasteiger partial charge in [0.25, 0.3) is 0 Å². The molecule has 0 atom stereocenters. The lowest BCUT2D eigenvalue weighted by atomic mass is 9.78. The first kappa shape index (κ1) is 145. The van der Waals surface area contributed by atoms with Crippen molar-refractivity contribution in [2.75, 3.05) is 0 Å². The predicted molar refractivity (Wildman–Crippen MR) is 658 cm³/mol. The number of ether oxygens (including phenoxy) is 5. The molecule has 0 saturated heterocycles. The standard InChI is InChI=1S/2C18H14O2.C15H16.C13H10Cl2.C13H12.C12H10O2S.C12H10O.C7H8.15C2H6/c1-3-8-15(9-4-1)19-17-12-7-13-18(14-17)20-16-10-5-2-6-11-16;1-3-7-15(8-4-1)19-17-11-13-18(14-12-17)20-16-9-5-2-6-10-16;1-15(2,13-9-5-3-6-10-13)14-11-7-4-8-12-14;14-12-5-1-3-10(8-12)7-11-4-2-6-13(15)9-11;1-3-7-12(8-4-1)11-13-9-5-2-6-10-13;13-15(14,11-7-3-1-4-8-11)12-9-5-2-6-10-12;1-3-7-11(8-4-1)13-12-9-5-2-6-10-12;1-7-5-3-2-4-6-7;15*1-2/h2*1-14H;3-12H,1-2H3;1-6,8-9H,7H2;1-10H,11H2;1-10H;1-10H;2-6H,1H3;15*1-2H3. The molecular formula is C138H184Cl2O7S. The quantitative estimate of drug-likeness (QED) is 0.0847. The van der Waals surface area contributed by atoms with Gasteiger partial charge in [0.15, 0.2) is 0 Å². The molecule has 0 bridgehead atoms. The van der Waals surface area contributed by atoms with E-state index in [1.807, 2.05) is 493 Å². The molecule has 17 rings (SSSR count). The van der Waals surface area contributed by atoms with Crippen molar-refractivity contribution in [1.82, 2.24) is 0 Å². The highest BCUT2D eigenvalue weighted by molar-refractivity contribution is 7.91. The van der Waals surface area contributed by atoms with Gasteiger partial charge in [0.1, 0.15) is 57.5 Å².